The molecule has 0 aliphatic heterocycles. The van der Waals surface area contributed by atoms with Crippen LogP contribution in [0.25, 0.3) is 10.9 Å². The molecule has 0 saturated carbocycles. The van der Waals surface area contributed by atoms with Crippen LogP contribution in [0.5, 0.6) is 5.75 Å². The number of hydrogen-bond acceptors (Lipinski definition) is 3. The maximum atomic E-state index is 12.1. The number of rotatable bonds is 4. The molecule has 0 bridgehead atoms. The highest BCUT2D eigenvalue weighted by Gasteiger charge is 2.11. The van der Waals surface area contributed by atoms with Gasteiger partial charge in [-0.25, -0.2) is 5.43 Å². The van der Waals surface area contributed by atoms with E-state index < -0.39 is 0 Å². The number of hydrogen-bond donors (Lipinski definition) is 1. The Kier molecular flexibility index (Phi) is 4.90. The highest BCUT2D eigenvalue weighted by Crippen LogP contribution is 2.27. The number of fused-ring (bicyclic) bond motifs is 1. The number of aryl methyl sites for hydroxylation is 1. The van der Waals surface area contributed by atoms with Crippen molar-refractivity contribution in [1.29, 1.82) is 0 Å². The number of aromatic nitrogens is 1. The minimum atomic E-state index is -0.251. The fourth-order valence-corrected chi connectivity index (χ4v) is 2.96. The summed E-state index contributed by atoms with van der Waals surface area (Å²) in [5.41, 5.74) is 6.22. The maximum absolute atomic E-state index is 12.1. The molecule has 1 heterocycles. The molecule has 5 nitrogen and oxygen atoms in total. The van der Waals surface area contributed by atoms with Gasteiger partial charge in [0.15, 0.2) is 0 Å². The highest BCUT2D eigenvalue weighted by molar-refractivity contribution is 9.10. The van der Waals surface area contributed by atoms with Crippen molar-refractivity contribution in [3.8, 4) is 5.75 Å². The van der Waals surface area contributed by atoms with E-state index in [1.807, 2.05) is 44.3 Å². The van der Waals surface area contributed by atoms with Gasteiger partial charge in [-0.05, 0) is 49.4 Å². The van der Waals surface area contributed by atoms with Gasteiger partial charge in [-0.15, -0.1) is 0 Å². The second-order valence-corrected chi connectivity index (χ2v) is 6.56. The van der Waals surface area contributed by atoms with E-state index in [2.05, 4.69) is 31.0 Å². The monoisotopic (exact) mass is 399 g/mol. The maximum Gasteiger partial charge on any atom is 0.271 e. The quantitative estimate of drug-likeness (QED) is 0.531. The van der Waals surface area contributed by atoms with E-state index in [0.29, 0.717) is 5.56 Å². The lowest BCUT2D eigenvalue weighted by molar-refractivity contribution is 0.0955. The second kappa shape index (κ2) is 7.11. The van der Waals surface area contributed by atoms with E-state index in [1.165, 1.54) is 0 Å². The number of benzene rings is 2. The van der Waals surface area contributed by atoms with Crippen molar-refractivity contribution in [1.82, 2.24) is 9.99 Å². The number of nitrogens with zero attached hydrogens (tertiary/aromatic N) is 2. The molecule has 0 aliphatic rings. The summed E-state index contributed by atoms with van der Waals surface area (Å²) in [6.45, 7) is 2.02. The van der Waals surface area contributed by atoms with Crippen molar-refractivity contribution < 1.29 is 9.53 Å². The molecule has 1 aromatic heterocycles. The molecule has 0 aliphatic carbocycles. The van der Waals surface area contributed by atoms with Gasteiger partial charge in [-0.3, -0.25) is 4.79 Å². The standard InChI is InChI=1S/C19H18BrN3O2/c1-12-17(16-10-15(25-3)8-9-18(16)23(12)2)11-21-22-19(24)13-4-6-14(20)7-5-13/h4-11H,1-3H3,(H,22,24). The third-order valence-electron chi connectivity index (χ3n) is 4.21. The van der Waals surface area contributed by atoms with E-state index >= 15 is 0 Å². The summed E-state index contributed by atoms with van der Waals surface area (Å²) < 4.78 is 8.32. The van der Waals surface area contributed by atoms with Gasteiger partial charge >= 0.3 is 0 Å². The lowest BCUT2D eigenvalue weighted by Gasteiger charge is -2.01. The molecule has 1 N–H and O–H groups in total. The minimum Gasteiger partial charge on any atom is -0.497 e. The zero-order valence-electron chi connectivity index (χ0n) is 14.2. The Morgan fingerprint density at radius 2 is 1.96 bits per heavy atom. The van der Waals surface area contributed by atoms with Gasteiger partial charge in [0.05, 0.1) is 13.3 Å². The van der Waals surface area contributed by atoms with Gasteiger partial charge < -0.3 is 9.30 Å². The van der Waals surface area contributed by atoms with Crippen LogP contribution in [0, 0.1) is 6.92 Å². The van der Waals surface area contributed by atoms with Gasteiger partial charge in [0.1, 0.15) is 5.75 Å². The number of amides is 1. The van der Waals surface area contributed by atoms with Gasteiger partial charge in [0.2, 0.25) is 0 Å². The van der Waals surface area contributed by atoms with Crippen molar-refractivity contribution in [3.05, 3.63) is 63.8 Å². The highest BCUT2D eigenvalue weighted by atomic mass is 79.9. The average Bonchev–Trinajstić information content (AvgIpc) is 2.86. The van der Waals surface area contributed by atoms with Crippen molar-refractivity contribution in [2.24, 2.45) is 12.1 Å². The van der Waals surface area contributed by atoms with E-state index in [4.69, 9.17) is 4.74 Å². The number of methoxy groups -OCH3 is 1. The van der Waals surface area contributed by atoms with Crippen LogP contribution >= 0.6 is 15.9 Å². The molecule has 2 aromatic carbocycles. The Balaban J connectivity index is 1.87. The molecular weight excluding hydrogens is 382 g/mol. The lowest BCUT2D eigenvalue weighted by atomic mass is 10.1. The van der Waals surface area contributed by atoms with Gasteiger partial charge in [-0.1, -0.05) is 15.9 Å². The first kappa shape index (κ1) is 17.2. The molecule has 0 fully saturated rings. The van der Waals surface area contributed by atoms with E-state index in [9.17, 15) is 4.79 Å². The van der Waals surface area contributed by atoms with Gasteiger partial charge in [0, 0.05) is 39.2 Å². The Morgan fingerprint density at radius 1 is 1.24 bits per heavy atom. The Labute approximate surface area is 154 Å². The molecule has 1 amide bonds. The molecular formula is C19H18BrN3O2. The summed E-state index contributed by atoms with van der Waals surface area (Å²) in [7, 11) is 3.64. The van der Waals surface area contributed by atoms with Gasteiger partial charge in [-0.2, -0.15) is 5.10 Å². The first-order valence-electron chi connectivity index (χ1n) is 7.73. The molecule has 0 spiro atoms. The summed E-state index contributed by atoms with van der Waals surface area (Å²) in [6, 6.07) is 13.0. The smallest absolute Gasteiger partial charge is 0.271 e. The van der Waals surface area contributed by atoms with E-state index in [0.717, 1.165) is 32.4 Å². The van der Waals surface area contributed by atoms with Crippen molar-refractivity contribution >= 4 is 39.0 Å². The molecule has 25 heavy (non-hydrogen) atoms. The fourth-order valence-electron chi connectivity index (χ4n) is 2.69. The largest absolute Gasteiger partial charge is 0.497 e. The molecule has 128 valence electrons. The first-order chi connectivity index (χ1) is 12.0. The zero-order chi connectivity index (χ0) is 18.0. The number of carbonyl (C=O) groups is 1. The number of nitrogens with one attached hydrogen (secondary N) is 1. The van der Waals surface area contributed by atoms with Crippen molar-refractivity contribution in [3.63, 3.8) is 0 Å². The molecule has 3 aromatic rings. The third kappa shape index (κ3) is 3.44. The first-order valence-corrected chi connectivity index (χ1v) is 8.52. The molecule has 3 rings (SSSR count). The summed E-state index contributed by atoms with van der Waals surface area (Å²) in [6.07, 6.45) is 1.67. The number of hydrazone groups is 1. The molecule has 6 heteroatoms. The van der Waals surface area contributed by atoms with Crippen LogP contribution in [-0.4, -0.2) is 23.8 Å². The minimum absolute atomic E-state index is 0.251. The average molecular weight is 400 g/mol. The topological polar surface area (TPSA) is 55.6 Å². The molecule has 0 saturated heterocycles. The van der Waals surface area contributed by atoms with Crippen LogP contribution in [0.2, 0.25) is 0 Å². The SMILES string of the molecule is COc1ccc2c(c1)c(C=NNC(=O)c1ccc(Br)cc1)c(C)n2C. The second-order valence-electron chi connectivity index (χ2n) is 5.65. The number of ether oxygens (including phenoxy) is 1. The van der Waals surface area contributed by atoms with Crippen LogP contribution in [-0.2, 0) is 7.05 Å². The van der Waals surface area contributed by atoms with E-state index in [-0.39, 0.29) is 5.91 Å². The predicted octanol–water partition coefficient (Wildman–Crippen LogP) is 4.02. The summed E-state index contributed by atoms with van der Waals surface area (Å²) >= 11 is 3.35. The summed E-state index contributed by atoms with van der Waals surface area (Å²) in [5.74, 6) is 0.533. The fraction of sp³-hybridized carbons (Fsp3) is 0.158. The van der Waals surface area contributed by atoms with Crippen LogP contribution in [0.15, 0.2) is 52.0 Å². The third-order valence-corrected chi connectivity index (χ3v) is 4.74. The van der Waals surface area contributed by atoms with E-state index in [1.54, 1.807) is 25.5 Å². The summed E-state index contributed by atoms with van der Waals surface area (Å²) in [4.78, 5) is 12.1. The van der Waals surface area contributed by atoms with Crippen LogP contribution < -0.4 is 10.2 Å². The summed E-state index contributed by atoms with van der Waals surface area (Å²) in [5, 5.41) is 5.16. The molecule has 0 atom stereocenters. The molecule has 0 unspecified atom stereocenters. The Morgan fingerprint density at radius 3 is 2.64 bits per heavy atom. The molecule has 0 radical (unpaired) electrons. The van der Waals surface area contributed by atoms with Crippen molar-refractivity contribution in [2.75, 3.05) is 7.11 Å². The Bertz CT molecular complexity index is 959. The Hall–Kier alpha value is -2.60. The lowest BCUT2D eigenvalue weighted by Crippen LogP contribution is -2.17. The number of carbonyl (C=O) groups excluding carboxylic acids is 1. The van der Waals surface area contributed by atoms with Gasteiger partial charge in [0.25, 0.3) is 5.91 Å². The van der Waals surface area contributed by atoms with Crippen LogP contribution in [0.3, 0.4) is 0 Å². The normalized spacial score (nSPS) is 11.2. The van der Waals surface area contributed by atoms with Crippen LogP contribution in [0.1, 0.15) is 21.6 Å². The van der Waals surface area contributed by atoms with Crippen molar-refractivity contribution in [2.45, 2.75) is 6.92 Å². The number of halogens is 1. The zero-order valence-corrected chi connectivity index (χ0v) is 15.8. The predicted molar refractivity (Wildman–Crippen MR) is 103 cm³/mol. The van der Waals surface area contributed by atoms with Crippen LogP contribution in [0.4, 0.5) is 0 Å².